The Labute approximate surface area is 79.5 Å². The van der Waals surface area contributed by atoms with E-state index in [1.54, 1.807) is 12.1 Å². The molecule has 0 aliphatic carbocycles. The Balaban J connectivity index is 2.53. The summed E-state index contributed by atoms with van der Waals surface area (Å²) in [5, 5.41) is 8.50. The van der Waals surface area contributed by atoms with Crippen LogP contribution in [0, 0.1) is 0 Å². The molecule has 0 aromatic carbocycles. The van der Waals surface area contributed by atoms with Crippen molar-refractivity contribution in [2.45, 2.75) is 11.9 Å². The van der Waals surface area contributed by atoms with Crippen molar-refractivity contribution in [2.75, 3.05) is 5.75 Å². The molecule has 1 heterocycles. The minimum atomic E-state index is 0.122. The fourth-order valence-electron chi connectivity index (χ4n) is 0.556. The Morgan fingerprint density at radius 1 is 1.58 bits per heavy atom. The Hall–Kier alpha value is -0.610. The standard InChI is InChI=1S/C7H7ClN2OS/c1-5(11)4-12-7-3-2-6(8)9-10-7/h2-3H,4H2,1H3. The molecule has 1 rings (SSSR count). The minimum absolute atomic E-state index is 0.122. The quantitative estimate of drug-likeness (QED) is 0.702. The number of carbonyl (C=O) groups is 1. The first-order chi connectivity index (χ1) is 5.68. The summed E-state index contributed by atoms with van der Waals surface area (Å²) in [6.45, 7) is 1.54. The van der Waals surface area contributed by atoms with Crippen LogP contribution in [0.3, 0.4) is 0 Å². The lowest BCUT2D eigenvalue weighted by atomic mass is 10.5. The molecule has 1 aromatic heterocycles. The van der Waals surface area contributed by atoms with Crippen LogP contribution in [-0.2, 0) is 4.79 Å². The maximum Gasteiger partial charge on any atom is 0.151 e. The Morgan fingerprint density at radius 3 is 2.83 bits per heavy atom. The van der Waals surface area contributed by atoms with Gasteiger partial charge < -0.3 is 0 Å². The average Bonchev–Trinajstić information content (AvgIpc) is 2.03. The molecule has 0 amide bonds. The molecule has 0 saturated heterocycles. The summed E-state index contributed by atoms with van der Waals surface area (Å²) in [5.74, 6) is 0.549. The van der Waals surface area contributed by atoms with E-state index in [0.29, 0.717) is 10.9 Å². The van der Waals surface area contributed by atoms with Crippen LogP contribution in [0.1, 0.15) is 6.92 Å². The first kappa shape index (κ1) is 9.48. The molecule has 0 unspecified atom stereocenters. The summed E-state index contributed by atoms with van der Waals surface area (Å²) in [6, 6.07) is 3.39. The molecule has 0 atom stereocenters. The van der Waals surface area contributed by atoms with E-state index in [2.05, 4.69) is 10.2 Å². The number of aromatic nitrogens is 2. The van der Waals surface area contributed by atoms with Crippen LogP contribution in [0.4, 0.5) is 0 Å². The van der Waals surface area contributed by atoms with Crippen LogP contribution in [0.15, 0.2) is 17.2 Å². The van der Waals surface area contributed by atoms with Gasteiger partial charge in [0.05, 0.1) is 5.75 Å². The van der Waals surface area contributed by atoms with E-state index in [1.807, 2.05) is 0 Å². The number of halogens is 1. The number of rotatable bonds is 3. The highest BCUT2D eigenvalue weighted by Gasteiger charge is 1.98. The summed E-state index contributed by atoms with van der Waals surface area (Å²) in [5.41, 5.74) is 0. The Bertz CT molecular complexity index is 275. The van der Waals surface area contributed by atoms with E-state index in [9.17, 15) is 4.79 Å². The van der Waals surface area contributed by atoms with E-state index >= 15 is 0 Å². The van der Waals surface area contributed by atoms with Crippen LogP contribution in [0.25, 0.3) is 0 Å². The van der Waals surface area contributed by atoms with Crippen molar-refractivity contribution in [1.82, 2.24) is 10.2 Å². The number of nitrogens with zero attached hydrogens (tertiary/aromatic N) is 2. The Kier molecular flexibility index (Phi) is 3.49. The smallest absolute Gasteiger partial charge is 0.151 e. The third-order valence-electron chi connectivity index (χ3n) is 1.03. The van der Waals surface area contributed by atoms with Crippen LogP contribution in [0.5, 0.6) is 0 Å². The number of ketones is 1. The van der Waals surface area contributed by atoms with Gasteiger partial charge in [0.1, 0.15) is 10.8 Å². The number of thioether (sulfide) groups is 1. The van der Waals surface area contributed by atoms with Crippen molar-refractivity contribution in [3.63, 3.8) is 0 Å². The van der Waals surface area contributed by atoms with Gasteiger partial charge in [-0.3, -0.25) is 4.79 Å². The zero-order chi connectivity index (χ0) is 8.97. The van der Waals surface area contributed by atoms with E-state index in [-0.39, 0.29) is 5.78 Å². The monoisotopic (exact) mass is 202 g/mol. The number of hydrogen-bond acceptors (Lipinski definition) is 4. The summed E-state index contributed by atoms with van der Waals surface area (Å²) in [7, 11) is 0. The topological polar surface area (TPSA) is 42.9 Å². The van der Waals surface area contributed by atoms with Gasteiger partial charge in [-0.15, -0.1) is 10.2 Å². The molecule has 3 nitrogen and oxygen atoms in total. The summed E-state index contributed by atoms with van der Waals surface area (Å²) in [6.07, 6.45) is 0. The van der Waals surface area contributed by atoms with Crippen LogP contribution in [-0.4, -0.2) is 21.7 Å². The summed E-state index contributed by atoms with van der Waals surface area (Å²) in [4.78, 5) is 10.6. The molecular formula is C7H7ClN2OS. The molecular weight excluding hydrogens is 196 g/mol. The molecule has 0 spiro atoms. The number of hydrogen-bond donors (Lipinski definition) is 0. The first-order valence-corrected chi connectivity index (χ1v) is 4.66. The maximum atomic E-state index is 10.6. The van der Waals surface area contributed by atoms with Crippen molar-refractivity contribution >= 4 is 29.1 Å². The van der Waals surface area contributed by atoms with Crippen LogP contribution >= 0.6 is 23.4 Å². The molecule has 5 heteroatoms. The molecule has 1 aromatic rings. The van der Waals surface area contributed by atoms with Gasteiger partial charge in [-0.05, 0) is 19.1 Å². The molecule has 0 aliphatic heterocycles. The van der Waals surface area contributed by atoms with Gasteiger partial charge >= 0.3 is 0 Å². The van der Waals surface area contributed by atoms with Gasteiger partial charge in [-0.25, -0.2) is 0 Å². The van der Waals surface area contributed by atoms with E-state index in [1.165, 1.54) is 18.7 Å². The van der Waals surface area contributed by atoms with Crippen molar-refractivity contribution in [2.24, 2.45) is 0 Å². The second kappa shape index (κ2) is 4.42. The fraction of sp³-hybridized carbons (Fsp3) is 0.286. The number of Topliss-reactive ketones (excluding diaryl/α,β-unsaturated/α-hetero) is 1. The first-order valence-electron chi connectivity index (χ1n) is 3.30. The maximum absolute atomic E-state index is 10.6. The minimum Gasteiger partial charge on any atom is -0.299 e. The molecule has 12 heavy (non-hydrogen) atoms. The van der Waals surface area contributed by atoms with Gasteiger partial charge in [-0.1, -0.05) is 23.4 Å². The largest absolute Gasteiger partial charge is 0.299 e. The van der Waals surface area contributed by atoms with E-state index in [0.717, 1.165) is 5.03 Å². The predicted octanol–water partition coefficient (Wildman–Crippen LogP) is 1.81. The van der Waals surface area contributed by atoms with Crippen molar-refractivity contribution < 1.29 is 4.79 Å². The second-order valence-corrected chi connectivity index (χ2v) is 3.57. The highest BCUT2D eigenvalue weighted by atomic mass is 35.5. The molecule has 0 radical (unpaired) electrons. The lowest BCUT2D eigenvalue weighted by Gasteiger charge is -1.95. The molecule has 0 N–H and O–H groups in total. The third kappa shape index (κ3) is 3.19. The van der Waals surface area contributed by atoms with Crippen molar-refractivity contribution in [3.8, 4) is 0 Å². The molecule has 0 saturated carbocycles. The molecule has 0 fully saturated rings. The van der Waals surface area contributed by atoms with Gasteiger partial charge in [0.25, 0.3) is 0 Å². The van der Waals surface area contributed by atoms with E-state index < -0.39 is 0 Å². The average molecular weight is 203 g/mol. The van der Waals surface area contributed by atoms with Gasteiger partial charge in [0.2, 0.25) is 0 Å². The van der Waals surface area contributed by atoms with Crippen molar-refractivity contribution in [1.29, 1.82) is 0 Å². The molecule has 0 aliphatic rings. The highest BCUT2D eigenvalue weighted by molar-refractivity contribution is 7.99. The Morgan fingerprint density at radius 2 is 2.33 bits per heavy atom. The predicted molar refractivity (Wildman–Crippen MR) is 48.4 cm³/mol. The summed E-state index contributed by atoms with van der Waals surface area (Å²) < 4.78 is 0. The highest BCUT2D eigenvalue weighted by Crippen LogP contribution is 2.14. The van der Waals surface area contributed by atoms with Gasteiger partial charge in [-0.2, -0.15) is 0 Å². The zero-order valence-electron chi connectivity index (χ0n) is 6.45. The second-order valence-electron chi connectivity index (χ2n) is 2.18. The SMILES string of the molecule is CC(=O)CSc1ccc(Cl)nn1. The van der Waals surface area contributed by atoms with Gasteiger partial charge in [0, 0.05) is 0 Å². The van der Waals surface area contributed by atoms with Gasteiger partial charge in [0.15, 0.2) is 5.15 Å². The lowest BCUT2D eigenvalue weighted by molar-refractivity contribution is -0.114. The van der Waals surface area contributed by atoms with E-state index in [4.69, 9.17) is 11.6 Å². The molecule has 0 bridgehead atoms. The third-order valence-corrected chi connectivity index (χ3v) is 2.30. The number of carbonyl (C=O) groups excluding carboxylic acids is 1. The summed E-state index contributed by atoms with van der Waals surface area (Å²) >= 11 is 6.88. The van der Waals surface area contributed by atoms with Crippen LogP contribution in [0.2, 0.25) is 5.15 Å². The molecule has 64 valence electrons. The van der Waals surface area contributed by atoms with Crippen molar-refractivity contribution in [3.05, 3.63) is 17.3 Å². The lowest BCUT2D eigenvalue weighted by Crippen LogP contribution is -1.94. The zero-order valence-corrected chi connectivity index (χ0v) is 8.02. The normalized spacial score (nSPS) is 9.83. The van der Waals surface area contributed by atoms with Crippen LogP contribution < -0.4 is 0 Å². The fourth-order valence-corrected chi connectivity index (χ4v) is 1.27.